The van der Waals surface area contributed by atoms with E-state index < -0.39 is 0 Å². The molecule has 1 unspecified atom stereocenters. The Balaban J connectivity index is 0.000000791. The molecule has 0 bridgehead atoms. The van der Waals surface area contributed by atoms with E-state index >= 15 is 0 Å². The minimum absolute atomic E-state index is 0.185. The summed E-state index contributed by atoms with van der Waals surface area (Å²) in [6.45, 7) is 1.95. The maximum Gasteiger partial charge on any atom is 0.122 e. The molecule has 0 aromatic heterocycles. The molecule has 0 radical (unpaired) electrons. The van der Waals surface area contributed by atoms with Gasteiger partial charge in [-0.3, -0.25) is 0 Å². The number of hydrogen-bond acceptors (Lipinski definition) is 2. The summed E-state index contributed by atoms with van der Waals surface area (Å²) in [7, 11) is 1.50. The van der Waals surface area contributed by atoms with Crippen molar-refractivity contribution in [3.63, 3.8) is 0 Å². The molecule has 0 aliphatic carbocycles. The van der Waals surface area contributed by atoms with Gasteiger partial charge in [-0.2, -0.15) is 0 Å². The van der Waals surface area contributed by atoms with Crippen molar-refractivity contribution in [2.45, 2.75) is 19.8 Å². The Kier molecular flexibility index (Phi) is 7.75. The van der Waals surface area contributed by atoms with Crippen molar-refractivity contribution < 1.29 is 4.79 Å². The highest BCUT2D eigenvalue weighted by molar-refractivity contribution is 5.52. The molecule has 0 aliphatic rings. The van der Waals surface area contributed by atoms with Crippen LogP contribution < -0.4 is 5.73 Å². The summed E-state index contributed by atoms with van der Waals surface area (Å²) in [6, 6.07) is 10.3. The second-order valence-electron chi connectivity index (χ2n) is 3.14. The van der Waals surface area contributed by atoms with Crippen LogP contribution in [0.5, 0.6) is 0 Å². The smallest absolute Gasteiger partial charge is 0.122 e. The van der Waals surface area contributed by atoms with Crippen LogP contribution >= 0.6 is 0 Å². The number of carbonyl (C=O) groups is 1. The van der Waals surface area contributed by atoms with Crippen LogP contribution in [-0.2, 0) is 11.2 Å². The Hall–Kier alpha value is -1.15. The largest absolute Gasteiger partial charge is 0.333 e. The number of aryl methyl sites for hydroxylation is 1. The Labute approximate surface area is 86.1 Å². The van der Waals surface area contributed by atoms with E-state index in [1.165, 1.54) is 12.6 Å². The van der Waals surface area contributed by atoms with Crippen molar-refractivity contribution >= 4 is 6.29 Å². The van der Waals surface area contributed by atoms with Crippen LogP contribution in [0.1, 0.15) is 18.9 Å². The number of carbonyl (C=O) groups excluding carboxylic acids is 1. The van der Waals surface area contributed by atoms with Crippen LogP contribution in [0.25, 0.3) is 0 Å². The molecule has 0 aliphatic heterocycles. The van der Waals surface area contributed by atoms with E-state index in [0.29, 0.717) is 0 Å². The third kappa shape index (κ3) is 5.49. The lowest BCUT2D eigenvalue weighted by Gasteiger charge is -2.02. The number of hydrogen-bond donors (Lipinski definition) is 1. The SMILES string of the molecule is CC(C=O)CCc1ccccc1.CN. The minimum Gasteiger partial charge on any atom is -0.333 e. The molecule has 2 nitrogen and oxygen atoms in total. The fourth-order valence-electron chi connectivity index (χ4n) is 1.11. The molecule has 1 atom stereocenters. The molecule has 2 N–H and O–H groups in total. The molecule has 2 heteroatoms. The van der Waals surface area contributed by atoms with Gasteiger partial charge in [-0.25, -0.2) is 0 Å². The molecule has 0 spiro atoms. The second kappa shape index (κ2) is 8.45. The average molecular weight is 193 g/mol. The van der Waals surface area contributed by atoms with Gasteiger partial charge in [0.2, 0.25) is 0 Å². The van der Waals surface area contributed by atoms with Crippen molar-refractivity contribution in [1.82, 2.24) is 0 Å². The third-order valence-corrected chi connectivity index (χ3v) is 1.96. The standard InChI is InChI=1S/C11H14O.CH5N/c1-10(9-12)7-8-11-5-3-2-4-6-11;1-2/h2-6,9-10H,7-8H2,1H3;2H2,1H3. The third-order valence-electron chi connectivity index (χ3n) is 1.96. The van der Waals surface area contributed by atoms with E-state index in [2.05, 4.69) is 17.9 Å². The van der Waals surface area contributed by atoms with E-state index in [4.69, 9.17) is 0 Å². The van der Waals surface area contributed by atoms with E-state index in [-0.39, 0.29) is 5.92 Å². The monoisotopic (exact) mass is 193 g/mol. The van der Waals surface area contributed by atoms with Crippen molar-refractivity contribution in [3.8, 4) is 0 Å². The molecule has 0 heterocycles. The molecule has 78 valence electrons. The van der Waals surface area contributed by atoms with Crippen LogP contribution in [0.15, 0.2) is 30.3 Å². The van der Waals surface area contributed by atoms with Crippen LogP contribution in [0.4, 0.5) is 0 Å². The molecule has 1 aromatic rings. The van der Waals surface area contributed by atoms with Crippen LogP contribution in [0.2, 0.25) is 0 Å². The summed E-state index contributed by atoms with van der Waals surface area (Å²) < 4.78 is 0. The van der Waals surface area contributed by atoms with Crippen LogP contribution in [-0.4, -0.2) is 13.3 Å². The van der Waals surface area contributed by atoms with Crippen molar-refractivity contribution in [2.24, 2.45) is 11.7 Å². The average Bonchev–Trinajstić information content (AvgIpc) is 2.30. The summed E-state index contributed by atoms with van der Waals surface area (Å²) in [5.74, 6) is 0.185. The van der Waals surface area contributed by atoms with Gasteiger partial charge in [0.05, 0.1) is 0 Å². The highest BCUT2D eigenvalue weighted by Crippen LogP contribution is 2.06. The lowest BCUT2D eigenvalue weighted by Crippen LogP contribution is -1.97. The second-order valence-corrected chi connectivity index (χ2v) is 3.14. The Bertz CT molecular complexity index is 233. The Morgan fingerprint density at radius 2 is 1.86 bits per heavy atom. The van der Waals surface area contributed by atoms with Crippen LogP contribution in [0.3, 0.4) is 0 Å². The van der Waals surface area contributed by atoms with Crippen molar-refractivity contribution in [1.29, 1.82) is 0 Å². The zero-order valence-corrected chi connectivity index (χ0v) is 8.94. The first-order chi connectivity index (χ1) is 6.83. The molecular formula is C12H19NO. The molecule has 1 aromatic carbocycles. The predicted molar refractivity (Wildman–Crippen MR) is 60.1 cm³/mol. The van der Waals surface area contributed by atoms with Gasteiger partial charge in [-0.05, 0) is 25.5 Å². The zero-order chi connectivity index (χ0) is 10.8. The van der Waals surface area contributed by atoms with Crippen LogP contribution in [0, 0.1) is 5.92 Å². The number of aldehydes is 1. The molecule has 1 rings (SSSR count). The van der Waals surface area contributed by atoms with Gasteiger partial charge in [0.15, 0.2) is 0 Å². The summed E-state index contributed by atoms with van der Waals surface area (Å²) in [5, 5.41) is 0. The molecule has 0 amide bonds. The van der Waals surface area contributed by atoms with Crippen molar-refractivity contribution in [3.05, 3.63) is 35.9 Å². The first kappa shape index (κ1) is 12.8. The molecule has 0 saturated carbocycles. The van der Waals surface area contributed by atoms with Gasteiger partial charge >= 0.3 is 0 Å². The summed E-state index contributed by atoms with van der Waals surface area (Å²) in [4.78, 5) is 10.3. The van der Waals surface area contributed by atoms with Gasteiger partial charge in [0, 0.05) is 5.92 Å². The number of benzene rings is 1. The molecule has 0 fully saturated rings. The van der Waals surface area contributed by atoms with E-state index in [1.54, 1.807) is 0 Å². The highest BCUT2D eigenvalue weighted by Gasteiger charge is 1.99. The van der Waals surface area contributed by atoms with E-state index in [9.17, 15) is 4.79 Å². The molecule has 0 saturated heterocycles. The van der Waals surface area contributed by atoms with Crippen molar-refractivity contribution in [2.75, 3.05) is 7.05 Å². The Morgan fingerprint density at radius 1 is 1.29 bits per heavy atom. The van der Waals surface area contributed by atoms with Gasteiger partial charge in [-0.15, -0.1) is 0 Å². The lowest BCUT2D eigenvalue weighted by atomic mass is 10.0. The topological polar surface area (TPSA) is 43.1 Å². The van der Waals surface area contributed by atoms with E-state index in [1.807, 2.05) is 25.1 Å². The highest BCUT2D eigenvalue weighted by atomic mass is 16.1. The van der Waals surface area contributed by atoms with Gasteiger partial charge in [-0.1, -0.05) is 37.3 Å². The normalized spacial score (nSPS) is 11.1. The fraction of sp³-hybridized carbons (Fsp3) is 0.417. The number of nitrogens with two attached hydrogens (primary N) is 1. The predicted octanol–water partition coefficient (Wildman–Crippen LogP) is 2.03. The minimum atomic E-state index is 0.185. The van der Waals surface area contributed by atoms with E-state index in [0.717, 1.165) is 19.1 Å². The Morgan fingerprint density at radius 3 is 2.36 bits per heavy atom. The zero-order valence-electron chi connectivity index (χ0n) is 8.94. The lowest BCUT2D eigenvalue weighted by molar-refractivity contribution is -0.110. The first-order valence-corrected chi connectivity index (χ1v) is 4.90. The summed E-state index contributed by atoms with van der Waals surface area (Å²) in [6.07, 6.45) is 2.97. The molecular weight excluding hydrogens is 174 g/mol. The quantitative estimate of drug-likeness (QED) is 0.743. The maximum absolute atomic E-state index is 10.3. The van der Waals surface area contributed by atoms with Gasteiger partial charge in [0.1, 0.15) is 6.29 Å². The number of rotatable bonds is 4. The maximum atomic E-state index is 10.3. The fourth-order valence-corrected chi connectivity index (χ4v) is 1.11. The van der Waals surface area contributed by atoms with Gasteiger partial charge in [0.25, 0.3) is 0 Å². The molecule has 14 heavy (non-hydrogen) atoms. The summed E-state index contributed by atoms with van der Waals surface area (Å²) in [5.41, 5.74) is 5.81. The summed E-state index contributed by atoms with van der Waals surface area (Å²) >= 11 is 0. The first-order valence-electron chi connectivity index (χ1n) is 4.90. The van der Waals surface area contributed by atoms with Gasteiger partial charge < -0.3 is 10.5 Å².